The summed E-state index contributed by atoms with van der Waals surface area (Å²) >= 11 is 6.15. The molecule has 0 saturated heterocycles. The molecule has 0 bridgehead atoms. The summed E-state index contributed by atoms with van der Waals surface area (Å²) in [5, 5.41) is 0.557. The normalized spacial score (nSPS) is 18.9. The van der Waals surface area contributed by atoms with E-state index in [9.17, 15) is 8.78 Å². The number of halogens is 3. The Kier molecular flexibility index (Phi) is 3.69. The van der Waals surface area contributed by atoms with Gasteiger partial charge in [0.15, 0.2) is 0 Å². The van der Waals surface area contributed by atoms with Crippen molar-refractivity contribution in [3.05, 3.63) is 34.3 Å². The molecule has 0 atom stereocenters. The van der Waals surface area contributed by atoms with Gasteiger partial charge in [0.1, 0.15) is 0 Å². The van der Waals surface area contributed by atoms with Gasteiger partial charge in [0.2, 0.25) is 0 Å². The van der Waals surface area contributed by atoms with E-state index in [2.05, 4.69) is 0 Å². The van der Waals surface area contributed by atoms with Crippen molar-refractivity contribution in [2.75, 3.05) is 6.54 Å². The summed E-state index contributed by atoms with van der Waals surface area (Å²) < 4.78 is 25.4. The number of alkyl halides is 2. The average Bonchev–Trinajstić information content (AvgIpc) is 2.79. The van der Waals surface area contributed by atoms with Crippen LogP contribution in [-0.2, 0) is 5.41 Å². The summed E-state index contributed by atoms with van der Waals surface area (Å²) in [6.45, 7) is 0.472. The quantitative estimate of drug-likeness (QED) is 0.871. The predicted molar refractivity (Wildman–Crippen MR) is 65.6 cm³/mol. The molecule has 0 spiro atoms. The van der Waals surface area contributed by atoms with Gasteiger partial charge in [0.05, 0.1) is 0 Å². The van der Waals surface area contributed by atoms with Crippen molar-refractivity contribution in [3.63, 3.8) is 0 Å². The summed E-state index contributed by atoms with van der Waals surface area (Å²) in [6.07, 6.45) is 1.60. The van der Waals surface area contributed by atoms with E-state index in [1.54, 1.807) is 6.07 Å². The maximum atomic E-state index is 12.7. The lowest BCUT2D eigenvalue weighted by atomic mass is 9.78. The Morgan fingerprint density at radius 1 is 1.29 bits per heavy atom. The van der Waals surface area contributed by atoms with E-state index in [1.165, 1.54) is 12.1 Å². The first-order valence-corrected chi connectivity index (χ1v) is 6.25. The molecule has 1 aliphatic rings. The first-order chi connectivity index (χ1) is 8.09. The average molecular weight is 260 g/mol. The van der Waals surface area contributed by atoms with Gasteiger partial charge in [-0.15, -0.1) is 0 Å². The summed E-state index contributed by atoms with van der Waals surface area (Å²) in [6, 6.07) is 4.48. The smallest absolute Gasteiger partial charge is 0.263 e. The van der Waals surface area contributed by atoms with Gasteiger partial charge < -0.3 is 5.73 Å². The minimum Gasteiger partial charge on any atom is -0.330 e. The van der Waals surface area contributed by atoms with Crippen molar-refractivity contribution >= 4 is 11.6 Å². The largest absolute Gasteiger partial charge is 0.330 e. The second kappa shape index (κ2) is 4.91. The Balaban J connectivity index is 2.45. The van der Waals surface area contributed by atoms with Crippen molar-refractivity contribution in [2.24, 2.45) is 5.73 Å². The molecule has 1 saturated carbocycles. The van der Waals surface area contributed by atoms with Gasteiger partial charge in [-0.1, -0.05) is 30.5 Å². The number of nitrogens with two attached hydrogens (primary N) is 1. The summed E-state index contributed by atoms with van der Waals surface area (Å²) in [7, 11) is 0. The zero-order valence-electron chi connectivity index (χ0n) is 9.56. The number of hydrogen-bond acceptors (Lipinski definition) is 1. The molecule has 1 aliphatic carbocycles. The highest BCUT2D eigenvalue weighted by atomic mass is 35.5. The monoisotopic (exact) mass is 259 g/mol. The zero-order valence-corrected chi connectivity index (χ0v) is 10.3. The van der Waals surface area contributed by atoms with Crippen molar-refractivity contribution in [3.8, 4) is 0 Å². The number of benzene rings is 1. The molecule has 1 nitrogen and oxygen atoms in total. The minimum atomic E-state index is -2.46. The summed E-state index contributed by atoms with van der Waals surface area (Å²) in [4.78, 5) is 0. The van der Waals surface area contributed by atoms with Crippen molar-refractivity contribution < 1.29 is 8.78 Å². The highest BCUT2D eigenvalue weighted by Gasteiger charge is 2.36. The summed E-state index contributed by atoms with van der Waals surface area (Å²) in [5.41, 5.74) is 6.49. The Morgan fingerprint density at radius 3 is 2.47 bits per heavy atom. The van der Waals surface area contributed by atoms with E-state index in [-0.39, 0.29) is 11.0 Å². The Morgan fingerprint density at radius 2 is 1.94 bits per heavy atom. The third kappa shape index (κ3) is 2.31. The molecule has 0 aliphatic heterocycles. The fourth-order valence-corrected chi connectivity index (χ4v) is 3.04. The van der Waals surface area contributed by atoms with Crippen LogP contribution >= 0.6 is 11.6 Å². The van der Waals surface area contributed by atoms with Gasteiger partial charge >= 0.3 is 0 Å². The molecule has 0 heterocycles. The second-order valence-corrected chi connectivity index (χ2v) is 5.14. The minimum absolute atomic E-state index is 0.0316. The van der Waals surface area contributed by atoms with Crippen molar-refractivity contribution in [2.45, 2.75) is 37.5 Å². The van der Waals surface area contributed by atoms with Gasteiger partial charge in [0.25, 0.3) is 6.43 Å². The highest BCUT2D eigenvalue weighted by molar-refractivity contribution is 6.31. The van der Waals surface area contributed by atoms with Crippen LogP contribution in [0.15, 0.2) is 18.2 Å². The Bertz CT molecular complexity index is 400. The molecule has 2 rings (SSSR count). The molecule has 17 heavy (non-hydrogen) atoms. The first kappa shape index (κ1) is 12.8. The lowest BCUT2D eigenvalue weighted by Gasteiger charge is -2.29. The van der Waals surface area contributed by atoms with Crippen LogP contribution < -0.4 is 5.73 Å². The molecule has 1 fully saturated rings. The van der Waals surface area contributed by atoms with Gasteiger partial charge in [0, 0.05) is 22.5 Å². The van der Waals surface area contributed by atoms with Crippen LogP contribution in [0.3, 0.4) is 0 Å². The Labute approximate surface area is 105 Å². The molecular weight excluding hydrogens is 244 g/mol. The van der Waals surface area contributed by atoms with Crippen LogP contribution in [0.4, 0.5) is 8.78 Å². The van der Waals surface area contributed by atoms with Gasteiger partial charge in [-0.25, -0.2) is 8.78 Å². The summed E-state index contributed by atoms with van der Waals surface area (Å²) in [5.74, 6) is 0. The maximum Gasteiger partial charge on any atom is 0.263 e. The van der Waals surface area contributed by atoms with Crippen LogP contribution in [0.5, 0.6) is 0 Å². The molecule has 2 N–H and O–H groups in total. The number of rotatable bonds is 3. The lowest BCUT2D eigenvalue weighted by molar-refractivity contribution is 0.151. The fraction of sp³-hybridized carbons (Fsp3) is 0.538. The van der Waals surface area contributed by atoms with E-state index >= 15 is 0 Å². The molecule has 0 radical (unpaired) electrons. The molecular formula is C13H16ClF2N. The van der Waals surface area contributed by atoms with Gasteiger partial charge in [-0.2, -0.15) is 0 Å². The zero-order chi connectivity index (χ0) is 12.5. The van der Waals surface area contributed by atoms with Gasteiger partial charge in [-0.05, 0) is 30.5 Å². The van der Waals surface area contributed by atoms with Crippen LogP contribution in [0.1, 0.15) is 43.2 Å². The predicted octanol–water partition coefficient (Wildman–Crippen LogP) is 4.05. The molecule has 94 valence electrons. The van der Waals surface area contributed by atoms with Crippen LogP contribution in [-0.4, -0.2) is 6.54 Å². The molecule has 4 heteroatoms. The molecule has 1 aromatic carbocycles. The maximum absolute atomic E-state index is 12.7. The third-order valence-corrected chi connectivity index (χ3v) is 4.09. The van der Waals surface area contributed by atoms with E-state index < -0.39 is 6.43 Å². The van der Waals surface area contributed by atoms with Crippen LogP contribution in [0, 0.1) is 0 Å². The van der Waals surface area contributed by atoms with Crippen molar-refractivity contribution in [1.29, 1.82) is 0 Å². The fourth-order valence-electron chi connectivity index (χ4n) is 2.72. The van der Waals surface area contributed by atoms with Crippen LogP contribution in [0.25, 0.3) is 0 Å². The van der Waals surface area contributed by atoms with E-state index in [0.29, 0.717) is 11.6 Å². The van der Waals surface area contributed by atoms with E-state index in [0.717, 1.165) is 31.2 Å². The van der Waals surface area contributed by atoms with Crippen LogP contribution in [0.2, 0.25) is 5.02 Å². The van der Waals surface area contributed by atoms with E-state index in [1.807, 2.05) is 0 Å². The van der Waals surface area contributed by atoms with Gasteiger partial charge in [-0.3, -0.25) is 0 Å². The molecule has 0 unspecified atom stereocenters. The SMILES string of the molecule is NCC1(c2cc(C(F)F)ccc2Cl)CCCC1. The second-order valence-electron chi connectivity index (χ2n) is 4.73. The standard InChI is InChI=1S/C13H16ClF2N/c14-11-4-3-9(12(15)16)7-10(11)13(8-17)5-1-2-6-13/h3-4,7,12H,1-2,5-6,8,17H2. The third-order valence-electron chi connectivity index (χ3n) is 3.77. The molecule has 0 amide bonds. The van der Waals surface area contributed by atoms with Crippen molar-refractivity contribution in [1.82, 2.24) is 0 Å². The molecule has 0 aromatic heterocycles. The highest BCUT2D eigenvalue weighted by Crippen LogP contribution is 2.44. The molecule has 1 aromatic rings. The van der Waals surface area contributed by atoms with E-state index in [4.69, 9.17) is 17.3 Å². The number of hydrogen-bond donors (Lipinski definition) is 1. The first-order valence-electron chi connectivity index (χ1n) is 5.87. The topological polar surface area (TPSA) is 26.0 Å². The Hall–Kier alpha value is -0.670. The lowest BCUT2D eigenvalue weighted by Crippen LogP contribution is -2.32.